The molecule has 1 aliphatic heterocycles. The van der Waals surface area contributed by atoms with Crippen molar-refractivity contribution in [3.8, 4) is 0 Å². The maximum atomic E-state index is 12.0. The Morgan fingerprint density at radius 2 is 2.37 bits per heavy atom. The largest absolute Gasteiger partial charge is 0.381 e. The highest BCUT2D eigenvalue weighted by molar-refractivity contribution is 5.94. The van der Waals surface area contributed by atoms with Crippen LogP contribution in [0.4, 0.5) is 0 Å². The molecule has 1 unspecified atom stereocenters. The van der Waals surface area contributed by atoms with Crippen molar-refractivity contribution >= 4 is 5.78 Å². The molecule has 2 rings (SSSR count). The van der Waals surface area contributed by atoms with E-state index >= 15 is 0 Å². The Labute approximate surface area is 114 Å². The van der Waals surface area contributed by atoms with Gasteiger partial charge in [0.2, 0.25) is 0 Å². The molecule has 0 amide bonds. The summed E-state index contributed by atoms with van der Waals surface area (Å²) in [7, 11) is 0. The molecule has 0 radical (unpaired) electrons. The lowest BCUT2D eigenvalue weighted by Crippen LogP contribution is -2.05. The zero-order valence-electron chi connectivity index (χ0n) is 11.7. The Hall–Kier alpha value is -1.16. The first-order valence-corrected chi connectivity index (χ1v) is 7.36. The van der Waals surface area contributed by atoms with Crippen LogP contribution in [-0.4, -0.2) is 24.2 Å². The first-order chi connectivity index (χ1) is 9.29. The van der Waals surface area contributed by atoms with Crippen molar-refractivity contribution in [3.63, 3.8) is 0 Å². The summed E-state index contributed by atoms with van der Waals surface area (Å²) in [4.78, 5) is 12.0. The van der Waals surface area contributed by atoms with Gasteiger partial charge in [-0.05, 0) is 25.2 Å². The molecule has 0 aliphatic carbocycles. The van der Waals surface area contributed by atoms with Crippen molar-refractivity contribution in [1.82, 2.24) is 5.16 Å². The molecule has 0 bridgehead atoms. The molecule has 0 N–H and O–H groups in total. The van der Waals surface area contributed by atoms with E-state index in [1.807, 2.05) is 6.07 Å². The van der Waals surface area contributed by atoms with Crippen molar-refractivity contribution < 1.29 is 14.1 Å². The quantitative estimate of drug-likeness (QED) is 0.534. The Kier molecular flexibility index (Phi) is 5.58. The highest BCUT2D eigenvalue weighted by Gasteiger charge is 2.19. The number of rotatable bonds is 8. The summed E-state index contributed by atoms with van der Waals surface area (Å²) in [5, 5.41) is 3.88. The summed E-state index contributed by atoms with van der Waals surface area (Å²) in [5.41, 5.74) is 0.491. The first-order valence-electron chi connectivity index (χ1n) is 7.36. The second-order valence-corrected chi connectivity index (χ2v) is 5.33. The molecule has 1 saturated heterocycles. The maximum absolute atomic E-state index is 12.0. The minimum Gasteiger partial charge on any atom is -0.381 e. The molecular weight excluding hydrogens is 242 g/mol. The van der Waals surface area contributed by atoms with Crippen LogP contribution in [-0.2, 0) is 11.2 Å². The van der Waals surface area contributed by atoms with Crippen molar-refractivity contribution in [2.45, 2.75) is 51.9 Å². The van der Waals surface area contributed by atoms with Gasteiger partial charge in [-0.2, -0.15) is 0 Å². The normalized spacial score (nSPS) is 18.9. The average molecular weight is 265 g/mol. The minimum atomic E-state index is 0.0948. The number of carbonyl (C=O) groups is 1. The third kappa shape index (κ3) is 4.46. The molecule has 4 nitrogen and oxygen atoms in total. The van der Waals surface area contributed by atoms with Crippen LogP contribution in [0.5, 0.6) is 0 Å². The second-order valence-electron chi connectivity index (χ2n) is 5.33. The lowest BCUT2D eigenvalue weighted by atomic mass is 10.00. The zero-order valence-corrected chi connectivity index (χ0v) is 11.7. The molecule has 1 fully saturated rings. The SMILES string of the molecule is CCCCCc1cc(C(=O)CCC2CCOC2)no1. The van der Waals surface area contributed by atoms with Crippen molar-refractivity contribution in [3.05, 3.63) is 17.5 Å². The van der Waals surface area contributed by atoms with Crippen LogP contribution in [0.25, 0.3) is 0 Å². The van der Waals surface area contributed by atoms with Crippen molar-refractivity contribution in [2.24, 2.45) is 5.92 Å². The van der Waals surface area contributed by atoms with Crippen LogP contribution in [0.3, 0.4) is 0 Å². The Bertz CT molecular complexity index is 394. The fourth-order valence-electron chi connectivity index (χ4n) is 2.39. The van der Waals surface area contributed by atoms with Gasteiger partial charge in [0, 0.05) is 32.1 Å². The molecule has 1 atom stereocenters. The third-order valence-electron chi connectivity index (χ3n) is 3.68. The average Bonchev–Trinajstić information content (AvgIpc) is 3.07. The first kappa shape index (κ1) is 14.3. The van der Waals surface area contributed by atoms with Crippen molar-refractivity contribution in [1.29, 1.82) is 0 Å². The summed E-state index contributed by atoms with van der Waals surface area (Å²) in [6, 6.07) is 1.81. The van der Waals surface area contributed by atoms with E-state index in [0.717, 1.165) is 44.7 Å². The number of aryl methyl sites for hydroxylation is 1. The predicted molar refractivity (Wildman–Crippen MR) is 72.2 cm³/mol. The number of nitrogens with zero attached hydrogens (tertiary/aromatic N) is 1. The molecule has 4 heteroatoms. The fourth-order valence-corrected chi connectivity index (χ4v) is 2.39. The molecule has 1 aromatic rings. The summed E-state index contributed by atoms with van der Waals surface area (Å²) in [6.45, 7) is 3.81. The summed E-state index contributed by atoms with van der Waals surface area (Å²) in [5.74, 6) is 1.47. The van der Waals surface area contributed by atoms with Crippen LogP contribution in [0.1, 0.15) is 61.7 Å². The molecule has 0 aromatic carbocycles. The van der Waals surface area contributed by atoms with E-state index in [0.29, 0.717) is 18.0 Å². The predicted octanol–water partition coefficient (Wildman–Crippen LogP) is 3.41. The number of ketones is 1. The molecule has 0 spiro atoms. The van der Waals surface area contributed by atoms with Crippen LogP contribution in [0, 0.1) is 5.92 Å². The van der Waals surface area contributed by atoms with Crippen molar-refractivity contribution in [2.75, 3.05) is 13.2 Å². The Morgan fingerprint density at radius 3 is 3.11 bits per heavy atom. The third-order valence-corrected chi connectivity index (χ3v) is 3.68. The Balaban J connectivity index is 1.75. The number of ether oxygens (including phenoxy) is 1. The number of carbonyl (C=O) groups excluding carboxylic acids is 1. The van der Waals surface area contributed by atoms with Gasteiger partial charge in [0.15, 0.2) is 5.78 Å². The van der Waals surface area contributed by atoms with Gasteiger partial charge in [0.25, 0.3) is 0 Å². The molecule has 0 saturated carbocycles. The van der Waals surface area contributed by atoms with E-state index in [1.54, 1.807) is 0 Å². The summed E-state index contributed by atoms with van der Waals surface area (Å²) >= 11 is 0. The number of aromatic nitrogens is 1. The Morgan fingerprint density at radius 1 is 1.47 bits per heavy atom. The van der Waals surface area contributed by atoms with E-state index in [9.17, 15) is 4.79 Å². The maximum Gasteiger partial charge on any atom is 0.184 e. The summed E-state index contributed by atoms with van der Waals surface area (Å²) in [6.07, 6.45) is 6.87. The number of hydrogen-bond acceptors (Lipinski definition) is 4. The molecule has 19 heavy (non-hydrogen) atoms. The number of Topliss-reactive ketones (excluding diaryl/α,β-unsaturated/α-hetero) is 1. The van der Waals surface area contributed by atoms with Gasteiger partial charge in [-0.1, -0.05) is 24.9 Å². The molecular formula is C15H23NO3. The van der Waals surface area contributed by atoms with E-state index in [2.05, 4.69) is 12.1 Å². The second kappa shape index (κ2) is 7.43. The lowest BCUT2D eigenvalue weighted by Gasteiger charge is -2.04. The molecule has 106 valence electrons. The van der Waals surface area contributed by atoms with Crippen LogP contribution >= 0.6 is 0 Å². The minimum absolute atomic E-state index is 0.0948. The number of hydrogen-bond donors (Lipinski definition) is 0. The van der Waals surface area contributed by atoms with Gasteiger partial charge < -0.3 is 9.26 Å². The standard InChI is InChI=1S/C15H23NO3/c1-2-3-4-5-13-10-14(16-19-13)15(17)7-6-12-8-9-18-11-12/h10,12H,2-9,11H2,1H3. The number of unbranched alkanes of at least 4 members (excludes halogenated alkanes) is 2. The van der Waals surface area contributed by atoms with Gasteiger partial charge in [-0.3, -0.25) is 4.79 Å². The molecule has 1 aromatic heterocycles. The molecule has 2 heterocycles. The topological polar surface area (TPSA) is 52.3 Å². The lowest BCUT2D eigenvalue weighted by molar-refractivity contribution is 0.0962. The van der Waals surface area contributed by atoms with Gasteiger partial charge in [0.1, 0.15) is 11.5 Å². The van der Waals surface area contributed by atoms with Crippen LogP contribution in [0.2, 0.25) is 0 Å². The van der Waals surface area contributed by atoms with Gasteiger partial charge >= 0.3 is 0 Å². The van der Waals surface area contributed by atoms with E-state index < -0.39 is 0 Å². The molecule has 1 aliphatic rings. The van der Waals surface area contributed by atoms with Gasteiger partial charge in [-0.25, -0.2) is 0 Å². The summed E-state index contributed by atoms with van der Waals surface area (Å²) < 4.78 is 10.5. The van der Waals surface area contributed by atoms with Crippen LogP contribution < -0.4 is 0 Å². The van der Waals surface area contributed by atoms with Gasteiger partial charge in [0.05, 0.1) is 0 Å². The fraction of sp³-hybridized carbons (Fsp3) is 0.733. The highest BCUT2D eigenvalue weighted by atomic mass is 16.5. The highest BCUT2D eigenvalue weighted by Crippen LogP contribution is 2.19. The van der Waals surface area contributed by atoms with E-state index in [4.69, 9.17) is 9.26 Å². The monoisotopic (exact) mass is 265 g/mol. The van der Waals surface area contributed by atoms with Gasteiger partial charge in [-0.15, -0.1) is 0 Å². The smallest absolute Gasteiger partial charge is 0.184 e. The van der Waals surface area contributed by atoms with Crippen LogP contribution in [0.15, 0.2) is 10.6 Å². The van der Waals surface area contributed by atoms with E-state index in [1.165, 1.54) is 12.8 Å². The van der Waals surface area contributed by atoms with E-state index in [-0.39, 0.29) is 5.78 Å². The zero-order chi connectivity index (χ0) is 13.5.